The summed E-state index contributed by atoms with van der Waals surface area (Å²) in [5, 5.41) is 2.56. The molecule has 0 atom stereocenters. The van der Waals surface area contributed by atoms with Gasteiger partial charge in [0.2, 0.25) is 5.95 Å². The molecule has 144 valence electrons. The minimum absolute atomic E-state index is 0.0277. The van der Waals surface area contributed by atoms with Crippen LogP contribution in [0.3, 0.4) is 0 Å². The van der Waals surface area contributed by atoms with E-state index in [0.717, 1.165) is 38.3 Å². The number of benzene rings is 1. The zero-order valence-electron chi connectivity index (χ0n) is 14.5. The number of hydrogen-bond donors (Lipinski definition) is 1. The van der Waals surface area contributed by atoms with Gasteiger partial charge in [-0.3, -0.25) is 4.79 Å². The van der Waals surface area contributed by atoms with Crippen molar-refractivity contribution in [3.05, 3.63) is 42.2 Å². The number of carbonyl (C=O) groups is 1. The van der Waals surface area contributed by atoms with Crippen molar-refractivity contribution in [1.29, 1.82) is 0 Å². The van der Waals surface area contributed by atoms with Gasteiger partial charge in [-0.05, 0) is 25.2 Å². The summed E-state index contributed by atoms with van der Waals surface area (Å²) < 4.78 is 40.7. The molecule has 1 aromatic carbocycles. The van der Waals surface area contributed by atoms with Crippen molar-refractivity contribution in [2.45, 2.75) is 6.36 Å². The van der Waals surface area contributed by atoms with Crippen LogP contribution in [0.1, 0.15) is 10.4 Å². The van der Waals surface area contributed by atoms with Crippen molar-refractivity contribution in [2.24, 2.45) is 0 Å². The van der Waals surface area contributed by atoms with E-state index in [1.54, 1.807) is 0 Å². The summed E-state index contributed by atoms with van der Waals surface area (Å²) in [5.74, 6) is -0.475. The molecule has 1 N–H and O–H groups in total. The number of nitrogens with one attached hydrogen (secondary N) is 1. The van der Waals surface area contributed by atoms with Gasteiger partial charge >= 0.3 is 6.36 Å². The molecule has 2 aromatic rings. The SMILES string of the molecule is CN1CCN(c2ncc(NC(=O)c3cccc(OC(F)(F)F)c3)cn2)CC1. The van der Waals surface area contributed by atoms with Crippen molar-refractivity contribution in [1.82, 2.24) is 14.9 Å². The van der Waals surface area contributed by atoms with Crippen LogP contribution >= 0.6 is 0 Å². The lowest BCUT2D eigenvalue weighted by Crippen LogP contribution is -2.45. The molecule has 0 radical (unpaired) electrons. The van der Waals surface area contributed by atoms with Crippen LogP contribution in [0.5, 0.6) is 5.75 Å². The Morgan fingerprint density at radius 1 is 1.15 bits per heavy atom. The molecule has 1 amide bonds. The van der Waals surface area contributed by atoms with E-state index in [-0.39, 0.29) is 5.56 Å². The zero-order valence-corrected chi connectivity index (χ0v) is 14.5. The Morgan fingerprint density at radius 3 is 2.44 bits per heavy atom. The van der Waals surface area contributed by atoms with Crippen LogP contribution in [0.25, 0.3) is 0 Å². The second-order valence-corrected chi connectivity index (χ2v) is 6.09. The summed E-state index contributed by atoms with van der Waals surface area (Å²) in [7, 11) is 2.05. The monoisotopic (exact) mass is 381 g/mol. The highest BCUT2D eigenvalue weighted by Crippen LogP contribution is 2.23. The van der Waals surface area contributed by atoms with Crippen LogP contribution in [-0.4, -0.2) is 60.4 Å². The van der Waals surface area contributed by atoms with Gasteiger partial charge in [-0.2, -0.15) is 0 Å². The minimum atomic E-state index is -4.82. The molecule has 0 bridgehead atoms. The number of amides is 1. The first-order chi connectivity index (χ1) is 12.8. The molecule has 0 aliphatic carbocycles. The Labute approximate surface area is 153 Å². The van der Waals surface area contributed by atoms with Gasteiger partial charge in [-0.15, -0.1) is 13.2 Å². The lowest BCUT2D eigenvalue weighted by molar-refractivity contribution is -0.274. The molecular weight excluding hydrogens is 363 g/mol. The Morgan fingerprint density at radius 2 is 1.81 bits per heavy atom. The Balaban J connectivity index is 1.63. The summed E-state index contributed by atoms with van der Waals surface area (Å²) in [4.78, 5) is 25.0. The molecule has 1 fully saturated rings. The number of piperazine rings is 1. The summed E-state index contributed by atoms with van der Waals surface area (Å²) in [5.41, 5.74) is 0.375. The second-order valence-electron chi connectivity index (χ2n) is 6.09. The minimum Gasteiger partial charge on any atom is -0.406 e. The molecule has 1 aromatic heterocycles. The zero-order chi connectivity index (χ0) is 19.4. The van der Waals surface area contributed by atoms with Gasteiger partial charge in [0.1, 0.15) is 5.75 Å². The number of aromatic nitrogens is 2. The number of likely N-dealkylation sites (N-methyl/N-ethyl adjacent to an activating group) is 1. The molecule has 27 heavy (non-hydrogen) atoms. The first-order valence-electron chi connectivity index (χ1n) is 8.23. The molecular formula is C17H18F3N5O2. The highest BCUT2D eigenvalue weighted by atomic mass is 19.4. The van der Waals surface area contributed by atoms with E-state index in [2.05, 4.69) is 24.9 Å². The summed E-state index contributed by atoms with van der Waals surface area (Å²) in [6.07, 6.45) is -1.88. The van der Waals surface area contributed by atoms with Crippen LogP contribution in [0.4, 0.5) is 24.8 Å². The first-order valence-corrected chi connectivity index (χ1v) is 8.23. The molecule has 1 aliphatic heterocycles. The van der Waals surface area contributed by atoms with Crippen molar-refractivity contribution in [3.63, 3.8) is 0 Å². The fourth-order valence-electron chi connectivity index (χ4n) is 2.59. The van der Waals surface area contributed by atoms with Gasteiger partial charge in [-0.25, -0.2) is 9.97 Å². The maximum absolute atomic E-state index is 12.3. The van der Waals surface area contributed by atoms with Gasteiger partial charge < -0.3 is 19.9 Å². The average Bonchev–Trinajstić information content (AvgIpc) is 2.62. The second kappa shape index (κ2) is 7.78. The van der Waals surface area contributed by atoms with Gasteiger partial charge in [0, 0.05) is 31.7 Å². The van der Waals surface area contributed by atoms with E-state index in [9.17, 15) is 18.0 Å². The van der Waals surface area contributed by atoms with E-state index >= 15 is 0 Å². The van der Waals surface area contributed by atoms with Gasteiger partial charge in [-0.1, -0.05) is 6.07 Å². The highest BCUT2D eigenvalue weighted by molar-refractivity contribution is 6.04. The standard InChI is InChI=1S/C17H18F3N5O2/c1-24-5-7-25(8-6-24)16-21-10-13(11-22-16)23-15(26)12-3-2-4-14(9-12)27-17(18,19)20/h2-4,9-11H,5-8H2,1H3,(H,23,26). The fraction of sp³-hybridized carbons (Fsp3) is 0.353. The fourth-order valence-corrected chi connectivity index (χ4v) is 2.59. The molecule has 1 saturated heterocycles. The van der Waals surface area contributed by atoms with Crippen LogP contribution in [0, 0.1) is 0 Å². The topological polar surface area (TPSA) is 70.6 Å². The molecule has 10 heteroatoms. The van der Waals surface area contributed by atoms with Crippen LogP contribution in [0.2, 0.25) is 0 Å². The summed E-state index contributed by atoms with van der Waals surface area (Å²) in [6, 6.07) is 4.83. The first kappa shape index (κ1) is 18.9. The van der Waals surface area contributed by atoms with Crippen LogP contribution in [-0.2, 0) is 0 Å². The van der Waals surface area contributed by atoms with Gasteiger partial charge in [0.15, 0.2) is 0 Å². The molecule has 2 heterocycles. The number of anilines is 2. The third-order valence-corrected chi connectivity index (χ3v) is 4.01. The largest absolute Gasteiger partial charge is 0.573 e. The van der Waals surface area contributed by atoms with Crippen LogP contribution in [0.15, 0.2) is 36.7 Å². The van der Waals surface area contributed by atoms with Crippen LogP contribution < -0.4 is 15.0 Å². The Hall–Kier alpha value is -2.88. The summed E-state index contributed by atoms with van der Waals surface area (Å²) in [6.45, 7) is 3.46. The van der Waals surface area contributed by atoms with E-state index in [1.165, 1.54) is 24.5 Å². The van der Waals surface area contributed by atoms with Crippen molar-refractivity contribution in [2.75, 3.05) is 43.4 Å². The number of ether oxygens (including phenoxy) is 1. The quantitative estimate of drug-likeness (QED) is 0.877. The number of carbonyl (C=O) groups excluding carboxylic acids is 1. The van der Waals surface area contributed by atoms with Crippen molar-refractivity contribution >= 4 is 17.5 Å². The van der Waals surface area contributed by atoms with Gasteiger partial charge in [0.25, 0.3) is 5.91 Å². The smallest absolute Gasteiger partial charge is 0.406 e. The third kappa shape index (κ3) is 5.30. The van der Waals surface area contributed by atoms with Crippen molar-refractivity contribution < 1.29 is 22.7 Å². The number of nitrogens with zero attached hydrogens (tertiary/aromatic N) is 4. The molecule has 3 rings (SSSR count). The predicted octanol–water partition coefficient (Wildman–Crippen LogP) is 2.38. The number of alkyl halides is 3. The molecule has 1 aliphatic rings. The summed E-state index contributed by atoms with van der Waals surface area (Å²) >= 11 is 0. The van der Waals surface area contributed by atoms with E-state index < -0.39 is 18.0 Å². The lowest BCUT2D eigenvalue weighted by atomic mass is 10.2. The Bertz CT molecular complexity index is 790. The number of halogens is 3. The maximum Gasteiger partial charge on any atom is 0.573 e. The predicted molar refractivity (Wildman–Crippen MR) is 92.8 cm³/mol. The third-order valence-electron chi connectivity index (χ3n) is 4.01. The maximum atomic E-state index is 12.3. The number of rotatable bonds is 4. The Kier molecular flexibility index (Phi) is 5.45. The average molecular weight is 381 g/mol. The molecule has 7 nitrogen and oxygen atoms in total. The lowest BCUT2D eigenvalue weighted by Gasteiger charge is -2.32. The van der Waals surface area contributed by atoms with Gasteiger partial charge in [0.05, 0.1) is 18.1 Å². The highest BCUT2D eigenvalue weighted by Gasteiger charge is 2.31. The molecule has 0 saturated carbocycles. The van der Waals surface area contributed by atoms with Crippen molar-refractivity contribution in [3.8, 4) is 5.75 Å². The van der Waals surface area contributed by atoms with E-state index in [0.29, 0.717) is 11.6 Å². The van der Waals surface area contributed by atoms with E-state index in [4.69, 9.17) is 0 Å². The van der Waals surface area contributed by atoms with E-state index in [1.807, 2.05) is 11.9 Å². The molecule has 0 spiro atoms. The molecule has 0 unspecified atom stereocenters. The number of hydrogen-bond acceptors (Lipinski definition) is 6. The normalized spacial score (nSPS) is 15.5.